The Morgan fingerprint density at radius 2 is 1.76 bits per heavy atom. The summed E-state index contributed by atoms with van der Waals surface area (Å²) in [5, 5.41) is 11.7. The summed E-state index contributed by atoms with van der Waals surface area (Å²) in [6.07, 6.45) is 2.00. The van der Waals surface area contributed by atoms with Crippen molar-refractivity contribution in [3.8, 4) is 10.4 Å². The zero-order chi connectivity index (χ0) is 32.1. The molecule has 11 nitrogen and oxygen atoms in total. The van der Waals surface area contributed by atoms with E-state index in [1.165, 1.54) is 33.1 Å². The molecule has 236 valence electrons. The van der Waals surface area contributed by atoms with Gasteiger partial charge < -0.3 is 4.74 Å². The fourth-order valence-corrected chi connectivity index (χ4v) is 6.38. The van der Waals surface area contributed by atoms with E-state index in [4.69, 9.17) is 4.74 Å². The third kappa shape index (κ3) is 6.97. The molecule has 0 saturated carbocycles. The fraction of sp³-hybridized carbons (Fsp3) is 0.355. The van der Waals surface area contributed by atoms with Crippen LogP contribution in [0.15, 0.2) is 58.4 Å². The molecule has 2 aromatic carbocycles. The van der Waals surface area contributed by atoms with Crippen molar-refractivity contribution in [2.45, 2.75) is 45.9 Å². The highest BCUT2D eigenvalue weighted by atomic mass is 32.1. The molecule has 3 aromatic heterocycles. The summed E-state index contributed by atoms with van der Waals surface area (Å²) in [5.74, 6) is -1.47. The van der Waals surface area contributed by atoms with E-state index < -0.39 is 29.4 Å². The number of ketones is 1. The smallest absolute Gasteiger partial charge is 0.332 e. The second-order valence-electron chi connectivity index (χ2n) is 10.6. The molecule has 0 fully saturated rings. The molecule has 0 unspecified atom stereocenters. The number of thiophene rings is 1. The van der Waals surface area contributed by atoms with Gasteiger partial charge in [0.25, 0.3) is 5.56 Å². The van der Waals surface area contributed by atoms with Crippen LogP contribution < -0.4 is 11.2 Å². The number of tetrazole rings is 1. The first-order valence-electron chi connectivity index (χ1n) is 14.4. The number of aryl methyl sites for hydroxylation is 1. The van der Waals surface area contributed by atoms with Crippen LogP contribution in [0.2, 0.25) is 0 Å². The molecule has 0 radical (unpaired) electrons. The Morgan fingerprint density at radius 1 is 1.02 bits per heavy atom. The van der Waals surface area contributed by atoms with E-state index in [0.29, 0.717) is 42.9 Å². The highest BCUT2D eigenvalue weighted by Gasteiger charge is 2.25. The van der Waals surface area contributed by atoms with Crippen LogP contribution in [0.1, 0.15) is 30.0 Å². The number of nitrogens with zero attached hydrogens (tertiary/aromatic N) is 7. The molecule has 0 aliphatic rings. The van der Waals surface area contributed by atoms with Crippen molar-refractivity contribution in [1.82, 2.24) is 34.2 Å². The predicted molar refractivity (Wildman–Crippen MR) is 166 cm³/mol. The van der Waals surface area contributed by atoms with E-state index in [1.807, 2.05) is 43.1 Å². The number of aromatic nitrogens is 6. The number of halogens is 2. The lowest BCUT2D eigenvalue weighted by Gasteiger charge is -2.17. The molecule has 0 saturated heterocycles. The Bertz CT molecular complexity index is 1900. The Morgan fingerprint density at radius 3 is 2.40 bits per heavy atom. The highest BCUT2D eigenvalue weighted by molar-refractivity contribution is 7.22. The van der Waals surface area contributed by atoms with Gasteiger partial charge in [-0.25, -0.2) is 13.6 Å². The summed E-state index contributed by atoms with van der Waals surface area (Å²) in [7, 11) is 3.50. The van der Waals surface area contributed by atoms with E-state index in [-0.39, 0.29) is 29.8 Å². The molecule has 3 heterocycles. The Labute approximate surface area is 261 Å². The van der Waals surface area contributed by atoms with Crippen LogP contribution in [-0.4, -0.2) is 67.3 Å². The quantitative estimate of drug-likeness (QED) is 0.182. The van der Waals surface area contributed by atoms with Gasteiger partial charge >= 0.3 is 5.69 Å². The van der Waals surface area contributed by atoms with Gasteiger partial charge in [-0.3, -0.25) is 23.6 Å². The van der Waals surface area contributed by atoms with Crippen LogP contribution >= 0.6 is 11.3 Å². The number of hydrogen-bond donors (Lipinski definition) is 0. The number of methoxy groups -OCH3 is 1. The average Bonchev–Trinajstić information content (AvgIpc) is 3.68. The second kappa shape index (κ2) is 14.1. The van der Waals surface area contributed by atoms with Crippen molar-refractivity contribution in [1.29, 1.82) is 0 Å². The molecule has 0 amide bonds. The van der Waals surface area contributed by atoms with E-state index in [0.717, 1.165) is 32.7 Å². The number of likely N-dealkylation sites (N-methyl/N-ethyl adjacent to an activating group) is 1. The predicted octanol–water partition coefficient (Wildman–Crippen LogP) is 3.50. The van der Waals surface area contributed by atoms with Crippen molar-refractivity contribution in [2.75, 3.05) is 27.3 Å². The molecule has 0 aliphatic carbocycles. The van der Waals surface area contributed by atoms with Crippen LogP contribution in [-0.2, 0) is 42.1 Å². The molecule has 14 heteroatoms. The number of hydrogen-bond acceptors (Lipinski definition) is 9. The zero-order valence-electron chi connectivity index (χ0n) is 25.2. The van der Waals surface area contributed by atoms with Crippen LogP contribution in [0.25, 0.3) is 20.7 Å². The molecule has 5 rings (SSSR count). The molecule has 45 heavy (non-hydrogen) atoms. The lowest BCUT2D eigenvalue weighted by Crippen LogP contribution is -2.41. The summed E-state index contributed by atoms with van der Waals surface area (Å²) >= 11 is 1.22. The van der Waals surface area contributed by atoms with Crippen molar-refractivity contribution in [2.24, 2.45) is 0 Å². The maximum Gasteiger partial charge on any atom is 0.332 e. The number of Topliss-reactive ketones (excluding diaryl/α,β-unsaturated/α-hetero) is 1. The van der Waals surface area contributed by atoms with Crippen molar-refractivity contribution in [3.63, 3.8) is 0 Å². The lowest BCUT2D eigenvalue weighted by atomic mass is 10.0. The van der Waals surface area contributed by atoms with Crippen molar-refractivity contribution < 1.29 is 18.3 Å². The third-order valence-electron chi connectivity index (χ3n) is 7.56. The van der Waals surface area contributed by atoms with Crippen molar-refractivity contribution >= 4 is 27.3 Å². The van der Waals surface area contributed by atoms with E-state index in [2.05, 4.69) is 15.4 Å². The van der Waals surface area contributed by atoms with Crippen molar-refractivity contribution in [3.05, 3.63) is 98.0 Å². The summed E-state index contributed by atoms with van der Waals surface area (Å²) in [4.78, 5) is 44.4. The van der Waals surface area contributed by atoms with E-state index in [9.17, 15) is 23.2 Å². The molecular formula is C31H33F2N7O4S. The lowest BCUT2D eigenvalue weighted by molar-refractivity contribution is -0.118. The summed E-state index contributed by atoms with van der Waals surface area (Å²) in [5.41, 5.74) is 0.794. The number of rotatable bonds is 14. The van der Waals surface area contributed by atoms with Gasteiger partial charge in [-0.05, 0) is 41.1 Å². The Kier molecular flexibility index (Phi) is 10.1. The van der Waals surface area contributed by atoms with E-state index >= 15 is 0 Å². The van der Waals surface area contributed by atoms with Crippen LogP contribution in [0, 0.1) is 11.6 Å². The molecule has 0 spiro atoms. The minimum atomic E-state index is -0.798. The molecule has 0 atom stereocenters. The molecule has 5 aromatic rings. The molecule has 0 N–H and O–H groups in total. The maximum absolute atomic E-state index is 14.9. The second-order valence-corrected chi connectivity index (χ2v) is 11.6. The first-order valence-corrected chi connectivity index (χ1v) is 15.2. The minimum absolute atomic E-state index is 0.0761. The van der Waals surface area contributed by atoms with Crippen LogP contribution in [0.3, 0.4) is 0 Å². The largest absolute Gasteiger partial charge is 0.383 e. The van der Waals surface area contributed by atoms with E-state index in [1.54, 1.807) is 7.11 Å². The van der Waals surface area contributed by atoms with Gasteiger partial charge in [0.2, 0.25) is 0 Å². The number of fused-ring (bicyclic) bond motifs is 1. The molecule has 0 bridgehead atoms. The maximum atomic E-state index is 14.9. The first kappa shape index (κ1) is 32.0. The fourth-order valence-electron chi connectivity index (χ4n) is 5.08. The number of carbonyl (C=O) groups excluding carboxylic acids is 1. The van der Waals surface area contributed by atoms with Gasteiger partial charge in [0.15, 0.2) is 6.33 Å². The number of carbonyl (C=O) groups is 1. The van der Waals surface area contributed by atoms with Gasteiger partial charge in [-0.15, -0.1) is 21.5 Å². The topological polar surface area (TPSA) is 117 Å². The molecule has 0 aliphatic heterocycles. The third-order valence-corrected chi connectivity index (χ3v) is 8.87. The Balaban J connectivity index is 1.73. The SMILES string of the molecule is CCC(=O)Cc1ccc(-c2sc3c(c2CN(C)CCOC)c(=O)n(CCn2ncnn2)c(=O)n3Cc2c(F)cccc2F)cc1. The van der Waals surface area contributed by atoms with Gasteiger partial charge in [0.05, 0.1) is 31.6 Å². The van der Waals surface area contributed by atoms with Crippen LogP contribution in [0.5, 0.6) is 0 Å². The first-order chi connectivity index (χ1) is 21.7. The summed E-state index contributed by atoms with van der Waals surface area (Å²) < 4.78 is 37.3. The van der Waals surface area contributed by atoms with Gasteiger partial charge in [-0.2, -0.15) is 4.80 Å². The highest BCUT2D eigenvalue weighted by Crippen LogP contribution is 2.38. The van der Waals surface area contributed by atoms with Gasteiger partial charge in [0, 0.05) is 43.5 Å². The zero-order valence-corrected chi connectivity index (χ0v) is 26.0. The average molecular weight is 638 g/mol. The Hall–Kier alpha value is -4.40. The van der Waals surface area contributed by atoms with Gasteiger partial charge in [-0.1, -0.05) is 37.3 Å². The van der Waals surface area contributed by atoms with Crippen LogP contribution in [0.4, 0.5) is 8.78 Å². The monoisotopic (exact) mass is 637 g/mol. The normalized spacial score (nSPS) is 11.6. The summed E-state index contributed by atoms with van der Waals surface area (Å²) in [6.45, 7) is 2.74. The summed E-state index contributed by atoms with van der Waals surface area (Å²) in [6, 6.07) is 11.0. The minimum Gasteiger partial charge on any atom is -0.383 e. The standard InChI is InChI=1S/C31H33F2N7O4S/c1-4-22(41)16-20-8-10-21(11-9-20)28-24(17-37(2)14-15-44-3)27-29(42)38(12-13-40-35-19-34-36-40)31(43)39(30(27)45-28)18-23-25(32)6-5-7-26(23)33/h5-11,19H,4,12-18H2,1-3H3. The molecular weight excluding hydrogens is 604 g/mol. The number of benzene rings is 2. The number of ether oxygens (including phenoxy) is 1. The van der Waals surface area contributed by atoms with Gasteiger partial charge in [0.1, 0.15) is 22.2 Å².